The van der Waals surface area contributed by atoms with E-state index in [4.69, 9.17) is 5.21 Å². The molecule has 0 radical (unpaired) electrons. The lowest BCUT2D eigenvalue weighted by Crippen LogP contribution is -1.99. The van der Waals surface area contributed by atoms with E-state index >= 15 is 0 Å². The van der Waals surface area contributed by atoms with E-state index in [1.165, 1.54) is 17.4 Å². The van der Waals surface area contributed by atoms with Crippen molar-refractivity contribution in [3.8, 4) is 0 Å². The minimum Gasteiger partial charge on any atom is -0.411 e. The molecule has 2 aliphatic carbocycles. The Balaban J connectivity index is 0.000000845. The maximum atomic E-state index is 8.33. The highest BCUT2D eigenvalue weighted by atomic mass is 16.4. The molecule has 2 aliphatic rings. The summed E-state index contributed by atoms with van der Waals surface area (Å²) in [6, 6.07) is 0. The van der Waals surface area contributed by atoms with Crippen molar-refractivity contribution in [1.29, 1.82) is 0 Å². The Morgan fingerprint density at radius 1 is 1.42 bits per heavy atom. The normalized spacial score (nSPS) is 25.8. The van der Waals surface area contributed by atoms with Crippen molar-refractivity contribution in [2.45, 2.75) is 0 Å². The molecule has 1 unspecified atom stereocenters. The minimum atomic E-state index is 0. The highest BCUT2D eigenvalue weighted by molar-refractivity contribution is 5.70. The van der Waals surface area contributed by atoms with Crippen molar-refractivity contribution in [2.24, 2.45) is 11.1 Å². The molecule has 2 heteroatoms. The molecule has 0 saturated heterocycles. The molecule has 0 aromatic rings. The van der Waals surface area contributed by atoms with Crippen molar-refractivity contribution >= 4 is 6.21 Å². The summed E-state index contributed by atoms with van der Waals surface area (Å²) in [6.45, 7) is 0. The minimum absolute atomic E-state index is 0. The molecular formula is C10H10NO+. The van der Waals surface area contributed by atoms with Crippen LogP contribution in [0.2, 0.25) is 0 Å². The van der Waals surface area contributed by atoms with Gasteiger partial charge in [0.1, 0.15) is 0 Å². The van der Waals surface area contributed by atoms with Crippen LogP contribution in [0.15, 0.2) is 52.8 Å². The molecule has 0 amide bonds. The molecule has 2 rings (SSSR count). The molecule has 0 spiro atoms. The molecule has 0 bridgehead atoms. The van der Waals surface area contributed by atoms with Gasteiger partial charge in [0, 0.05) is 5.92 Å². The molecule has 0 saturated carbocycles. The van der Waals surface area contributed by atoms with E-state index in [9.17, 15) is 0 Å². The van der Waals surface area contributed by atoms with E-state index in [1.807, 2.05) is 18.2 Å². The zero-order valence-electron chi connectivity index (χ0n) is 7.51. The smallest absolute Gasteiger partial charge is 0.411 e. The van der Waals surface area contributed by atoms with Crippen LogP contribution < -0.4 is 0 Å². The van der Waals surface area contributed by atoms with Gasteiger partial charge in [0.15, 0.2) is 0 Å². The first-order chi connectivity index (χ1) is 5.90. The Morgan fingerprint density at radius 2 is 2.33 bits per heavy atom. The predicted molar refractivity (Wildman–Crippen MR) is 49.3 cm³/mol. The van der Waals surface area contributed by atoms with Gasteiger partial charge in [-0.3, -0.25) is 0 Å². The fourth-order valence-corrected chi connectivity index (χ4v) is 1.40. The maximum absolute atomic E-state index is 8.33. The van der Waals surface area contributed by atoms with Crippen LogP contribution >= 0.6 is 0 Å². The Labute approximate surface area is 72.4 Å². The molecule has 1 atom stereocenters. The molecule has 0 heterocycles. The van der Waals surface area contributed by atoms with Crippen molar-refractivity contribution in [3.05, 3.63) is 47.6 Å². The van der Waals surface area contributed by atoms with Gasteiger partial charge >= 0.3 is 1.43 Å². The van der Waals surface area contributed by atoms with Crippen LogP contribution in [-0.2, 0) is 0 Å². The number of allylic oxidation sites excluding steroid dienone is 8. The second-order valence-corrected chi connectivity index (χ2v) is 2.80. The van der Waals surface area contributed by atoms with Gasteiger partial charge in [-0.15, -0.1) is 5.16 Å². The summed E-state index contributed by atoms with van der Waals surface area (Å²) in [6.07, 6.45) is 13.8. The average molecular weight is 160 g/mol. The molecule has 0 aliphatic heterocycles. The molecule has 2 nitrogen and oxygen atoms in total. The number of rotatable bonds is 1. The van der Waals surface area contributed by atoms with Crippen LogP contribution in [0.5, 0.6) is 0 Å². The Morgan fingerprint density at radius 3 is 3.17 bits per heavy atom. The van der Waals surface area contributed by atoms with Crippen LogP contribution in [0.4, 0.5) is 0 Å². The van der Waals surface area contributed by atoms with Crippen LogP contribution in [-0.4, -0.2) is 11.4 Å². The molecule has 1 N–H and O–H groups in total. The lowest BCUT2D eigenvalue weighted by atomic mass is 9.96. The summed E-state index contributed by atoms with van der Waals surface area (Å²) in [5, 5.41) is 11.3. The fraction of sp³-hybridized carbons (Fsp3) is 0.100. The third kappa shape index (κ3) is 1.11. The van der Waals surface area contributed by atoms with E-state index in [2.05, 4.69) is 23.4 Å². The second kappa shape index (κ2) is 2.81. The van der Waals surface area contributed by atoms with Crippen LogP contribution in [0.1, 0.15) is 1.43 Å². The number of fused-ring (bicyclic) bond motifs is 1. The van der Waals surface area contributed by atoms with Crippen LogP contribution in [0.25, 0.3) is 0 Å². The molecule has 12 heavy (non-hydrogen) atoms. The number of oxime groups is 1. The number of hydrogen-bond acceptors (Lipinski definition) is 2. The lowest BCUT2D eigenvalue weighted by Gasteiger charge is -2.09. The van der Waals surface area contributed by atoms with Crippen LogP contribution in [0.3, 0.4) is 0 Å². The predicted octanol–water partition coefficient (Wildman–Crippen LogP) is 2.17. The second-order valence-electron chi connectivity index (χ2n) is 2.80. The highest BCUT2D eigenvalue weighted by Crippen LogP contribution is 2.25. The first-order valence-corrected chi connectivity index (χ1v) is 3.86. The third-order valence-corrected chi connectivity index (χ3v) is 1.99. The van der Waals surface area contributed by atoms with Crippen molar-refractivity contribution in [3.63, 3.8) is 0 Å². The maximum Gasteiger partial charge on any atom is 1.00 e. The summed E-state index contributed by atoms with van der Waals surface area (Å²) in [5.74, 6) is 0.130. The van der Waals surface area contributed by atoms with E-state index in [0.717, 1.165) is 0 Å². The Hall–Kier alpha value is -1.57. The quantitative estimate of drug-likeness (QED) is 0.356. The summed E-state index contributed by atoms with van der Waals surface area (Å²) in [7, 11) is 0. The summed E-state index contributed by atoms with van der Waals surface area (Å²) >= 11 is 0. The standard InChI is InChI=1S/C10H9NO/c12-11-7-8-4-5-9-2-1-3-10(9)6-8/h1-8,12H/p+1. The third-order valence-electron chi connectivity index (χ3n) is 1.99. The van der Waals surface area contributed by atoms with E-state index in [0.29, 0.717) is 0 Å². The van der Waals surface area contributed by atoms with Gasteiger partial charge < -0.3 is 5.21 Å². The zero-order chi connectivity index (χ0) is 8.39. The van der Waals surface area contributed by atoms with Gasteiger partial charge in [-0.05, 0) is 11.1 Å². The summed E-state index contributed by atoms with van der Waals surface area (Å²) in [5.41, 5.74) is 2.44. The van der Waals surface area contributed by atoms with Gasteiger partial charge in [0.2, 0.25) is 0 Å². The van der Waals surface area contributed by atoms with Crippen molar-refractivity contribution < 1.29 is 6.63 Å². The first-order valence-electron chi connectivity index (χ1n) is 3.86. The molecule has 0 fully saturated rings. The lowest BCUT2D eigenvalue weighted by molar-refractivity contribution is 0.320. The van der Waals surface area contributed by atoms with Gasteiger partial charge in [-0.1, -0.05) is 36.5 Å². The number of hydrogen-bond donors (Lipinski definition) is 1. The Bertz CT molecular complexity index is 337. The van der Waals surface area contributed by atoms with E-state index < -0.39 is 0 Å². The van der Waals surface area contributed by atoms with Gasteiger partial charge in [-0.2, -0.15) is 0 Å². The average Bonchev–Trinajstić information content (AvgIpc) is 2.51. The van der Waals surface area contributed by atoms with Gasteiger partial charge in [0.05, 0.1) is 6.21 Å². The molecular weight excluding hydrogens is 150 g/mol. The molecule has 60 valence electrons. The first kappa shape index (κ1) is 7.10. The van der Waals surface area contributed by atoms with Gasteiger partial charge in [-0.25, -0.2) is 0 Å². The zero-order valence-corrected chi connectivity index (χ0v) is 6.51. The topological polar surface area (TPSA) is 32.6 Å². The fourth-order valence-electron chi connectivity index (χ4n) is 1.40. The molecule has 0 aromatic carbocycles. The number of nitrogens with zero attached hydrogens (tertiary/aromatic N) is 1. The van der Waals surface area contributed by atoms with E-state index in [1.54, 1.807) is 0 Å². The largest absolute Gasteiger partial charge is 1.00 e. The van der Waals surface area contributed by atoms with Crippen molar-refractivity contribution in [1.82, 2.24) is 0 Å². The SMILES string of the molecule is ON=CC1C=CC2=CC=CC2=C1.[H+]. The monoisotopic (exact) mass is 160 g/mol. The summed E-state index contributed by atoms with van der Waals surface area (Å²) < 4.78 is 0. The van der Waals surface area contributed by atoms with Crippen molar-refractivity contribution in [2.75, 3.05) is 0 Å². The van der Waals surface area contributed by atoms with Gasteiger partial charge in [0.25, 0.3) is 0 Å². The van der Waals surface area contributed by atoms with Crippen LogP contribution in [0, 0.1) is 5.92 Å². The molecule has 0 aromatic heterocycles. The summed E-state index contributed by atoms with van der Waals surface area (Å²) in [4.78, 5) is 0. The van der Waals surface area contributed by atoms with E-state index in [-0.39, 0.29) is 7.34 Å². The Kier molecular flexibility index (Phi) is 1.67. The highest BCUT2D eigenvalue weighted by Gasteiger charge is 2.10.